The summed E-state index contributed by atoms with van der Waals surface area (Å²) in [7, 11) is 1.52. The van der Waals surface area contributed by atoms with E-state index in [4.69, 9.17) is 9.47 Å². The molecule has 0 saturated carbocycles. The maximum Gasteiger partial charge on any atom is 0.287 e. The molecule has 0 unspecified atom stereocenters. The second-order valence-electron chi connectivity index (χ2n) is 5.60. The Balaban J connectivity index is 1.84. The van der Waals surface area contributed by atoms with Gasteiger partial charge in [0.1, 0.15) is 5.94 Å². The van der Waals surface area contributed by atoms with Gasteiger partial charge in [-0.15, -0.1) is 0 Å². The topological polar surface area (TPSA) is 61.6 Å². The summed E-state index contributed by atoms with van der Waals surface area (Å²) in [5, 5.41) is 11.7. The minimum absolute atomic E-state index is 0.0348. The second-order valence-corrected chi connectivity index (χ2v) is 9.35. The Morgan fingerprint density at radius 3 is 2.14 bits per heavy atom. The van der Waals surface area contributed by atoms with Crippen LogP contribution in [0, 0.1) is 10.1 Å². The Morgan fingerprint density at radius 1 is 0.931 bits per heavy atom. The van der Waals surface area contributed by atoms with Crippen LogP contribution in [-0.2, 0) is 0 Å². The predicted molar refractivity (Wildman–Crippen MR) is 123 cm³/mol. The summed E-state index contributed by atoms with van der Waals surface area (Å²) in [5.74, 6) is 1.06. The van der Waals surface area contributed by atoms with Crippen LogP contribution >= 0.6 is 55.4 Å². The van der Waals surface area contributed by atoms with Gasteiger partial charge in [0.2, 0.25) is 0 Å². The summed E-state index contributed by atoms with van der Waals surface area (Å²) in [6, 6.07) is 18.4. The number of thioether (sulfide) groups is 1. The molecule has 0 aliphatic heterocycles. The molecule has 0 saturated heterocycles. The number of rotatable bonds is 8. The Hall–Kier alpha value is -1.68. The average Bonchev–Trinajstić information content (AvgIpc) is 2.71. The standard InChI is InChI=1S/C20H15Br2NO4S2/c1-26-16-11-20(29-19-9-5-3-7-14(19)22)15(23(24)25)10-17(16)27-12-28-18-8-4-2-6-13(18)21/h2-11H,12H2,1H3. The Morgan fingerprint density at radius 2 is 1.55 bits per heavy atom. The van der Waals surface area contributed by atoms with Crippen molar-refractivity contribution in [3.05, 3.63) is 79.7 Å². The number of nitrogens with zero attached hydrogens (tertiary/aromatic N) is 1. The molecule has 3 aromatic rings. The van der Waals surface area contributed by atoms with Gasteiger partial charge in [-0.05, 0) is 56.1 Å². The number of ether oxygens (including phenoxy) is 2. The van der Waals surface area contributed by atoms with Gasteiger partial charge in [0, 0.05) is 24.8 Å². The largest absolute Gasteiger partial charge is 0.493 e. The van der Waals surface area contributed by atoms with Crippen molar-refractivity contribution in [2.45, 2.75) is 14.7 Å². The van der Waals surface area contributed by atoms with Gasteiger partial charge in [-0.1, -0.05) is 47.8 Å². The van der Waals surface area contributed by atoms with E-state index in [0.29, 0.717) is 16.4 Å². The first-order valence-electron chi connectivity index (χ1n) is 8.28. The van der Waals surface area contributed by atoms with E-state index in [2.05, 4.69) is 31.9 Å². The van der Waals surface area contributed by atoms with Crippen LogP contribution in [0.5, 0.6) is 11.5 Å². The van der Waals surface area contributed by atoms with E-state index in [9.17, 15) is 10.1 Å². The number of methoxy groups -OCH3 is 1. The third-order valence-electron chi connectivity index (χ3n) is 3.76. The fraction of sp³-hybridized carbons (Fsp3) is 0.100. The SMILES string of the molecule is COc1cc(Sc2ccccc2Br)c([N+](=O)[O-])cc1OCSc1ccccc1Br. The summed E-state index contributed by atoms with van der Waals surface area (Å²) in [5.41, 5.74) is -0.0348. The summed E-state index contributed by atoms with van der Waals surface area (Å²) in [6.07, 6.45) is 0. The monoisotopic (exact) mass is 555 g/mol. The molecule has 0 fully saturated rings. The average molecular weight is 557 g/mol. The van der Waals surface area contributed by atoms with Crippen LogP contribution in [0.25, 0.3) is 0 Å². The Kier molecular flexibility index (Phi) is 7.88. The van der Waals surface area contributed by atoms with Crippen molar-refractivity contribution in [1.82, 2.24) is 0 Å². The molecule has 0 atom stereocenters. The highest BCUT2D eigenvalue weighted by Gasteiger charge is 2.21. The number of nitro benzene ring substituents is 1. The van der Waals surface area contributed by atoms with Crippen LogP contribution in [0.4, 0.5) is 5.69 Å². The molecule has 0 radical (unpaired) electrons. The summed E-state index contributed by atoms with van der Waals surface area (Å²) < 4.78 is 13.1. The van der Waals surface area contributed by atoms with Crippen molar-refractivity contribution >= 4 is 61.1 Å². The van der Waals surface area contributed by atoms with Gasteiger partial charge in [0.05, 0.1) is 23.0 Å². The van der Waals surface area contributed by atoms with E-state index in [1.54, 1.807) is 6.07 Å². The number of benzene rings is 3. The van der Waals surface area contributed by atoms with Crippen molar-refractivity contribution in [2.75, 3.05) is 13.0 Å². The highest BCUT2D eigenvalue weighted by molar-refractivity contribution is 9.10. The molecule has 0 aliphatic rings. The third-order valence-corrected chi connectivity index (χ3v) is 7.70. The third kappa shape index (κ3) is 5.69. The van der Waals surface area contributed by atoms with E-state index in [0.717, 1.165) is 18.7 Å². The van der Waals surface area contributed by atoms with Crippen LogP contribution in [-0.4, -0.2) is 18.0 Å². The summed E-state index contributed by atoms with van der Waals surface area (Å²) in [4.78, 5) is 13.6. The smallest absolute Gasteiger partial charge is 0.287 e. The molecule has 5 nitrogen and oxygen atoms in total. The molecular formula is C20H15Br2NO4S2. The van der Waals surface area contributed by atoms with E-state index in [1.165, 1.54) is 36.7 Å². The first kappa shape index (κ1) is 22.0. The van der Waals surface area contributed by atoms with Gasteiger partial charge < -0.3 is 9.47 Å². The second kappa shape index (κ2) is 10.4. The van der Waals surface area contributed by atoms with E-state index >= 15 is 0 Å². The zero-order valence-electron chi connectivity index (χ0n) is 15.1. The molecule has 9 heteroatoms. The van der Waals surface area contributed by atoms with Gasteiger partial charge in [-0.25, -0.2) is 0 Å². The van der Waals surface area contributed by atoms with Gasteiger partial charge in [0.25, 0.3) is 5.69 Å². The first-order chi connectivity index (χ1) is 14.0. The lowest BCUT2D eigenvalue weighted by Crippen LogP contribution is -1.99. The van der Waals surface area contributed by atoms with Gasteiger partial charge in [-0.2, -0.15) is 0 Å². The highest BCUT2D eigenvalue weighted by atomic mass is 79.9. The van der Waals surface area contributed by atoms with Crippen molar-refractivity contribution in [3.63, 3.8) is 0 Å². The number of nitro groups is 1. The normalized spacial score (nSPS) is 10.6. The minimum atomic E-state index is -0.410. The van der Waals surface area contributed by atoms with Crippen LogP contribution in [0.2, 0.25) is 0 Å². The minimum Gasteiger partial charge on any atom is -0.493 e. The lowest BCUT2D eigenvalue weighted by molar-refractivity contribution is -0.387. The fourth-order valence-corrected chi connectivity index (χ4v) is 5.19. The van der Waals surface area contributed by atoms with E-state index < -0.39 is 4.92 Å². The van der Waals surface area contributed by atoms with Gasteiger partial charge in [0.15, 0.2) is 11.5 Å². The van der Waals surface area contributed by atoms with Crippen molar-refractivity contribution in [2.24, 2.45) is 0 Å². The van der Waals surface area contributed by atoms with E-state index in [1.807, 2.05) is 48.5 Å². The molecule has 29 heavy (non-hydrogen) atoms. The number of hydrogen-bond donors (Lipinski definition) is 0. The predicted octanol–water partition coefficient (Wildman–Crippen LogP) is 7.41. The van der Waals surface area contributed by atoms with Crippen molar-refractivity contribution < 1.29 is 14.4 Å². The number of halogens is 2. The summed E-state index contributed by atoms with van der Waals surface area (Å²) >= 11 is 9.74. The molecule has 3 rings (SSSR count). The van der Waals surface area contributed by atoms with Crippen LogP contribution in [0.3, 0.4) is 0 Å². The lowest BCUT2D eigenvalue weighted by Gasteiger charge is -2.13. The van der Waals surface area contributed by atoms with Crippen LogP contribution in [0.1, 0.15) is 0 Å². The van der Waals surface area contributed by atoms with Crippen molar-refractivity contribution in [3.8, 4) is 11.5 Å². The molecule has 150 valence electrons. The van der Waals surface area contributed by atoms with Gasteiger partial charge >= 0.3 is 0 Å². The first-order valence-corrected chi connectivity index (χ1v) is 11.7. The molecule has 3 aromatic carbocycles. The zero-order chi connectivity index (χ0) is 20.8. The lowest BCUT2D eigenvalue weighted by atomic mass is 10.3. The molecule has 0 spiro atoms. The maximum atomic E-state index is 11.7. The van der Waals surface area contributed by atoms with Crippen LogP contribution < -0.4 is 9.47 Å². The Labute approximate surface area is 193 Å². The molecule has 0 aromatic heterocycles. The van der Waals surface area contributed by atoms with Gasteiger partial charge in [-0.3, -0.25) is 10.1 Å². The fourth-order valence-electron chi connectivity index (χ4n) is 2.39. The maximum absolute atomic E-state index is 11.7. The molecule has 0 N–H and O–H groups in total. The van der Waals surface area contributed by atoms with E-state index in [-0.39, 0.29) is 11.6 Å². The zero-order valence-corrected chi connectivity index (χ0v) is 19.9. The van der Waals surface area contributed by atoms with Crippen molar-refractivity contribution in [1.29, 1.82) is 0 Å². The highest BCUT2D eigenvalue weighted by Crippen LogP contribution is 2.44. The molecule has 0 aliphatic carbocycles. The quantitative estimate of drug-likeness (QED) is 0.125. The summed E-state index contributed by atoms with van der Waals surface area (Å²) in [6.45, 7) is 0. The molecular weight excluding hydrogens is 542 g/mol. The van der Waals surface area contributed by atoms with Crippen LogP contribution in [0.15, 0.2) is 84.3 Å². The molecule has 0 heterocycles. The Bertz CT molecular complexity index is 1030. The molecule has 0 bridgehead atoms. The molecule has 0 amide bonds. The number of hydrogen-bond acceptors (Lipinski definition) is 6.